The molecule has 174 valence electrons. The number of hydrogen-bond acceptors (Lipinski definition) is 4. The van der Waals surface area contributed by atoms with E-state index in [0.29, 0.717) is 38.8 Å². The zero-order valence-corrected chi connectivity index (χ0v) is 19.4. The average Bonchev–Trinajstić information content (AvgIpc) is 2.76. The van der Waals surface area contributed by atoms with E-state index in [9.17, 15) is 18.8 Å². The minimum Gasteiger partial charge on any atom is -0.375 e. The standard InChI is InChI=1S/C27H30FNO4/c1-17-12-20(19-4-6-21(28)7-5-19)13-18(2)25(17)26-22(30)14-27(15-23(26)31)8-10-29(11-9-27)24(32)16-33-3/h4-7,12-13,26H,8-11,14-16H2,1-3H3. The fourth-order valence-electron chi connectivity index (χ4n) is 5.55. The quantitative estimate of drug-likeness (QED) is 0.647. The molecule has 4 rings (SSSR count). The lowest BCUT2D eigenvalue weighted by Gasteiger charge is -2.44. The van der Waals surface area contributed by atoms with Crippen molar-refractivity contribution < 1.29 is 23.5 Å². The summed E-state index contributed by atoms with van der Waals surface area (Å²) in [5, 5.41) is 0. The van der Waals surface area contributed by atoms with Crippen LogP contribution in [0.3, 0.4) is 0 Å². The number of ether oxygens (including phenoxy) is 1. The number of rotatable bonds is 4. The largest absolute Gasteiger partial charge is 0.375 e. The number of piperidine rings is 1. The third-order valence-electron chi connectivity index (χ3n) is 7.25. The molecule has 6 heteroatoms. The SMILES string of the molecule is COCC(=O)N1CCC2(CC1)CC(=O)C(c1c(C)cc(-c3ccc(F)cc3)cc1C)C(=O)C2. The number of benzene rings is 2. The minimum absolute atomic E-state index is 0.0244. The number of amides is 1. The summed E-state index contributed by atoms with van der Waals surface area (Å²) in [7, 11) is 1.50. The highest BCUT2D eigenvalue weighted by atomic mass is 19.1. The number of likely N-dealkylation sites (tertiary alicyclic amines) is 1. The van der Waals surface area contributed by atoms with Gasteiger partial charge in [-0.25, -0.2) is 4.39 Å². The molecule has 1 saturated heterocycles. The topological polar surface area (TPSA) is 63.7 Å². The van der Waals surface area contributed by atoms with Crippen LogP contribution >= 0.6 is 0 Å². The van der Waals surface area contributed by atoms with Gasteiger partial charge in [0.25, 0.3) is 0 Å². The van der Waals surface area contributed by atoms with Crippen LogP contribution in [0.1, 0.15) is 48.3 Å². The Bertz CT molecular complexity index is 1040. The highest BCUT2D eigenvalue weighted by Gasteiger charge is 2.47. The molecule has 0 N–H and O–H groups in total. The van der Waals surface area contributed by atoms with Crippen LogP contribution in [0, 0.1) is 25.1 Å². The van der Waals surface area contributed by atoms with Gasteiger partial charge in [-0.05, 0) is 72.1 Å². The number of halogens is 1. The maximum Gasteiger partial charge on any atom is 0.248 e. The Kier molecular flexibility index (Phi) is 6.48. The van der Waals surface area contributed by atoms with Crippen LogP contribution in [0.2, 0.25) is 0 Å². The number of carbonyl (C=O) groups excluding carboxylic acids is 3. The molecule has 1 aliphatic heterocycles. The molecule has 33 heavy (non-hydrogen) atoms. The van der Waals surface area contributed by atoms with Crippen molar-refractivity contribution >= 4 is 17.5 Å². The first-order chi connectivity index (χ1) is 15.7. The zero-order chi connectivity index (χ0) is 23.8. The van der Waals surface area contributed by atoms with Gasteiger partial charge >= 0.3 is 0 Å². The Morgan fingerprint density at radius 3 is 2.06 bits per heavy atom. The van der Waals surface area contributed by atoms with Gasteiger partial charge in [-0.15, -0.1) is 0 Å². The first-order valence-corrected chi connectivity index (χ1v) is 11.4. The lowest BCUT2D eigenvalue weighted by molar-refractivity contribution is -0.141. The number of aryl methyl sites for hydroxylation is 2. The van der Waals surface area contributed by atoms with Gasteiger partial charge in [0, 0.05) is 33.0 Å². The van der Waals surface area contributed by atoms with Gasteiger partial charge in [-0.1, -0.05) is 24.3 Å². The molecule has 0 atom stereocenters. The lowest BCUT2D eigenvalue weighted by atomic mass is 9.62. The first kappa shape index (κ1) is 23.3. The second kappa shape index (κ2) is 9.18. The lowest BCUT2D eigenvalue weighted by Crippen LogP contribution is -2.49. The smallest absolute Gasteiger partial charge is 0.248 e. The highest BCUT2D eigenvalue weighted by molar-refractivity contribution is 6.10. The monoisotopic (exact) mass is 451 g/mol. The van der Waals surface area contributed by atoms with Gasteiger partial charge in [-0.3, -0.25) is 14.4 Å². The number of hydrogen-bond donors (Lipinski definition) is 0. The maximum atomic E-state index is 13.3. The zero-order valence-electron chi connectivity index (χ0n) is 19.4. The number of carbonyl (C=O) groups is 3. The van der Waals surface area contributed by atoms with Gasteiger partial charge in [0.05, 0.1) is 0 Å². The number of methoxy groups -OCH3 is 1. The molecule has 1 heterocycles. The van der Waals surface area contributed by atoms with E-state index in [4.69, 9.17) is 4.74 Å². The summed E-state index contributed by atoms with van der Waals surface area (Å²) in [6, 6.07) is 10.3. The summed E-state index contributed by atoms with van der Waals surface area (Å²) >= 11 is 0. The number of ketones is 2. The Labute approximate surface area is 193 Å². The predicted octanol–water partition coefficient (Wildman–Crippen LogP) is 4.38. The Balaban J connectivity index is 1.53. The van der Waals surface area contributed by atoms with Gasteiger partial charge in [0.2, 0.25) is 5.91 Å². The summed E-state index contributed by atoms with van der Waals surface area (Å²) in [5.74, 6) is -1.12. The summed E-state index contributed by atoms with van der Waals surface area (Å²) in [5.41, 5.74) is 4.09. The van der Waals surface area contributed by atoms with Crippen molar-refractivity contribution in [2.45, 2.75) is 45.4 Å². The fourth-order valence-corrected chi connectivity index (χ4v) is 5.55. The molecule has 1 amide bonds. The molecule has 2 aromatic rings. The van der Waals surface area contributed by atoms with Crippen LogP contribution in [-0.2, 0) is 19.1 Å². The van der Waals surface area contributed by atoms with Gasteiger partial charge < -0.3 is 9.64 Å². The molecule has 0 aromatic heterocycles. The van der Waals surface area contributed by atoms with Crippen molar-refractivity contribution in [3.05, 3.63) is 58.9 Å². The molecule has 2 fully saturated rings. The van der Waals surface area contributed by atoms with Gasteiger partial charge in [0.15, 0.2) is 0 Å². The first-order valence-electron chi connectivity index (χ1n) is 11.4. The average molecular weight is 452 g/mol. The van der Waals surface area contributed by atoms with Crippen molar-refractivity contribution in [2.75, 3.05) is 26.8 Å². The Morgan fingerprint density at radius 1 is 1.00 bits per heavy atom. The van der Waals surface area contributed by atoms with Crippen molar-refractivity contribution in [3.8, 4) is 11.1 Å². The molecular weight excluding hydrogens is 421 g/mol. The second-order valence-corrected chi connectivity index (χ2v) is 9.56. The molecule has 1 saturated carbocycles. The fraction of sp³-hybridized carbons (Fsp3) is 0.444. The molecule has 0 radical (unpaired) electrons. The molecule has 2 aromatic carbocycles. The summed E-state index contributed by atoms with van der Waals surface area (Å²) in [6.07, 6.45) is 2.06. The van der Waals surface area contributed by atoms with E-state index >= 15 is 0 Å². The Morgan fingerprint density at radius 2 is 1.55 bits per heavy atom. The molecule has 0 unspecified atom stereocenters. The highest BCUT2D eigenvalue weighted by Crippen LogP contribution is 2.47. The molecule has 1 spiro atoms. The molecule has 5 nitrogen and oxygen atoms in total. The molecular formula is C27H30FNO4. The van der Waals surface area contributed by atoms with E-state index in [-0.39, 0.29) is 35.3 Å². The second-order valence-electron chi connectivity index (χ2n) is 9.56. The van der Waals surface area contributed by atoms with E-state index in [2.05, 4.69) is 0 Å². The summed E-state index contributed by atoms with van der Waals surface area (Å²) in [6.45, 7) is 5.02. The molecule has 2 aliphatic rings. The van der Waals surface area contributed by atoms with Crippen LogP contribution in [0.15, 0.2) is 36.4 Å². The van der Waals surface area contributed by atoms with Crippen LogP contribution < -0.4 is 0 Å². The third-order valence-corrected chi connectivity index (χ3v) is 7.25. The normalized spacial score (nSPS) is 18.7. The number of nitrogens with zero attached hydrogens (tertiary/aromatic N) is 1. The molecule has 0 bridgehead atoms. The maximum absolute atomic E-state index is 13.3. The van der Waals surface area contributed by atoms with Crippen molar-refractivity contribution in [1.29, 1.82) is 0 Å². The van der Waals surface area contributed by atoms with E-state index < -0.39 is 5.92 Å². The predicted molar refractivity (Wildman–Crippen MR) is 123 cm³/mol. The molecule has 1 aliphatic carbocycles. The van der Waals surface area contributed by atoms with Gasteiger partial charge in [0.1, 0.15) is 29.9 Å². The van der Waals surface area contributed by atoms with Crippen LogP contribution in [0.4, 0.5) is 4.39 Å². The van der Waals surface area contributed by atoms with E-state index in [1.807, 2.05) is 26.0 Å². The number of Topliss-reactive ketones (excluding diaryl/α,β-unsaturated/α-hetero) is 2. The van der Waals surface area contributed by atoms with E-state index in [0.717, 1.165) is 27.8 Å². The van der Waals surface area contributed by atoms with Gasteiger partial charge in [-0.2, -0.15) is 0 Å². The van der Waals surface area contributed by atoms with Crippen molar-refractivity contribution in [1.82, 2.24) is 4.90 Å². The van der Waals surface area contributed by atoms with Crippen molar-refractivity contribution in [2.24, 2.45) is 5.41 Å². The van der Waals surface area contributed by atoms with Crippen LogP contribution in [0.5, 0.6) is 0 Å². The Hall–Kier alpha value is -2.86. The van der Waals surface area contributed by atoms with Crippen LogP contribution in [-0.4, -0.2) is 49.2 Å². The van der Waals surface area contributed by atoms with E-state index in [1.54, 1.807) is 17.0 Å². The minimum atomic E-state index is -0.731. The van der Waals surface area contributed by atoms with Crippen molar-refractivity contribution in [3.63, 3.8) is 0 Å². The third kappa shape index (κ3) is 4.62. The summed E-state index contributed by atoms with van der Waals surface area (Å²) < 4.78 is 18.2. The van der Waals surface area contributed by atoms with E-state index in [1.165, 1.54) is 19.2 Å². The summed E-state index contributed by atoms with van der Waals surface area (Å²) in [4.78, 5) is 40.5. The van der Waals surface area contributed by atoms with Crippen LogP contribution in [0.25, 0.3) is 11.1 Å².